The molecule has 0 amide bonds. The molecule has 2 heterocycles. The number of halogens is 1. The van der Waals surface area contributed by atoms with Gasteiger partial charge >= 0.3 is 0 Å². The number of morpholine rings is 1. The van der Waals surface area contributed by atoms with Gasteiger partial charge in [-0.1, -0.05) is 6.07 Å². The number of alkyl halides is 1. The summed E-state index contributed by atoms with van der Waals surface area (Å²) in [6.07, 6.45) is 2.00. The molecule has 1 aromatic heterocycles. The maximum atomic E-state index is 5.78. The summed E-state index contributed by atoms with van der Waals surface area (Å²) in [4.78, 5) is 6.64. The first-order valence-corrected chi connectivity index (χ1v) is 5.72. The van der Waals surface area contributed by atoms with Gasteiger partial charge in [-0.25, -0.2) is 0 Å². The standard InChI is InChI=1S/C11H15ClN2O/c12-7-11-9-14(5-6-15-11)8-10-3-1-2-4-13-10/h1-4,11H,5-9H2. The molecule has 0 radical (unpaired) electrons. The molecule has 0 aliphatic carbocycles. The van der Waals surface area contributed by atoms with Crippen molar-refractivity contribution in [3.8, 4) is 0 Å². The highest BCUT2D eigenvalue weighted by atomic mass is 35.5. The predicted octanol–water partition coefficient (Wildman–Crippen LogP) is 1.52. The minimum absolute atomic E-state index is 0.170. The fourth-order valence-corrected chi connectivity index (χ4v) is 1.92. The van der Waals surface area contributed by atoms with Crippen molar-refractivity contribution >= 4 is 11.6 Å². The van der Waals surface area contributed by atoms with E-state index in [1.807, 2.05) is 24.4 Å². The zero-order valence-corrected chi connectivity index (χ0v) is 9.36. The average Bonchev–Trinajstić information content (AvgIpc) is 2.31. The molecule has 0 bridgehead atoms. The Morgan fingerprint density at radius 2 is 2.47 bits per heavy atom. The normalized spacial score (nSPS) is 22.9. The molecule has 1 atom stereocenters. The molecular formula is C11H15ClN2O. The number of pyridine rings is 1. The second-order valence-corrected chi connectivity index (χ2v) is 4.01. The first kappa shape index (κ1) is 10.9. The van der Waals surface area contributed by atoms with Crippen LogP contribution in [0, 0.1) is 0 Å². The minimum atomic E-state index is 0.170. The van der Waals surface area contributed by atoms with Gasteiger partial charge in [0.15, 0.2) is 0 Å². The summed E-state index contributed by atoms with van der Waals surface area (Å²) in [6, 6.07) is 6.00. The number of hydrogen-bond acceptors (Lipinski definition) is 3. The molecular weight excluding hydrogens is 212 g/mol. The van der Waals surface area contributed by atoms with Crippen molar-refractivity contribution in [1.29, 1.82) is 0 Å². The van der Waals surface area contributed by atoms with E-state index < -0.39 is 0 Å². The molecule has 1 aliphatic heterocycles. The maximum absolute atomic E-state index is 5.78. The molecule has 1 saturated heterocycles. The van der Waals surface area contributed by atoms with Crippen LogP contribution in [0.5, 0.6) is 0 Å². The highest BCUT2D eigenvalue weighted by molar-refractivity contribution is 6.18. The smallest absolute Gasteiger partial charge is 0.0837 e. The molecule has 82 valence electrons. The molecule has 15 heavy (non-hydrogen) atoms. The Kier molecular flexibility index (Phi) is 3.94. The number of nitrogens with zero attached hydrogens (tertiary/aromatic N) is 2. The van der Waals surface area contributed by atoms with E-state index >= 15 is 0 Å². The van der Waals surface area contributed by atoms with Crippen LogP contribution >= 0.6 is 11.6 Å². The molecule has 0 spiro atoms. The predicted molar refractivity (Wildman–Crippen MR) is 60.0 cm³/mol. The van der Waals surface area contributed by atoms with Gasteiger partial charge in [-0.3, -0.25) is 9.88 Å². The molecule has 0 aromatic carbocycles. The third-order valence-electron chi connectivity index (χ3n) is 2.51. The molecule has 4 heteroatoms. The van der Waals surface area contributed by atoms with Gasteiger partial charge in [0.2, 0.25) is 0 Å². The lowest BCUT2D eigenvalue weighted by molar-refractivity contribution is -0.0197. The second-order valence-electron chi connectivity index (χ2n) is 3.70. The van der Waals surface area contributed by atoms with Gasteiger partial charge in [-0.05, 0) is 12.1 Å². The molecule has 0 saturated carbocycles. The Labute approximate surface area is 95.0 Å². The second kappa shape index (κ2) is 5.45. The quantitative estimate of drug-likeness (QED) is 0.731. The fraction of sp³-hybridized carbons (Fsp3) is 0.545. The van der Waals surface area contributed by atoms with E-state index in [2.05, 4.69) is 9.88 Å². The topological polar surface area (TPSA) is 25.4 Å². The van der Waals surface area contributed by atoms with E-state index in [9.17, 15) is 0 Å². The Morgan fingerprint density at radius 1 is 1.53 bits per heavy atom. The van der Waals surface area contributed by atoms with Crippen LogP contribution in [0.25, 0.3) is 0 Å². The van der Waals surface area contributed by atoms with Gasteiger partial charge < -0.3 is 4.74 Å². The summed E-state index contributed by atoms with van der Waals surface area (Å²) in [6.45, 7) is 3.52. The molecule has 1 fully saturated rings. The van der Waals surface area contributed by atoms with Crippen LogP contribution in [0.3, 0.4) is 0 Å². The van der Waals surface area contributed by atoms with E-state index in [0.29, 0.717) is 5.88 Å². The molecule has 1 unspecified atom stereocenters. The number of hydrogen-bond donors (Lipinski definition) is 0. The lowest BCUT2D eigenvalue weighted by Crippen LogP contribution is -2.42. The van der Waals surface area contributed by atoms with Crippen molar-refractivity contribution in [3.05, 3.63) is 30.1 Å². The summed E-state index contributed by atoms with van der Waals surface area (Å²) >= 11 is 5.78. The molecule has 1 aromatic rings. The van der Waals surface area contributed by atoms with Crippen molar-refractivity contribution < 1.29 is 4.74 Å². The van der Waals surface area contributed by atoms with E-state index in [4.69, 9.17) is 16.3 Å². The molecule has 3 nitrogen and oxygen atoms in total. The highest BCUT2D eigenvalue weighted by Gasteiger charge is 2.19. The Hall–Kier alpha value is -0.640. The van der Waals surface area contributed by atoms with Crippen LogP contribution in [0.1, 0.15) is 5.69 Å². The SMILES string of the molecule is ClCC1CN(Cc2ccccn2)CCO1. The van der Waals surface area contributed by atoms with Crippen LogP contribution in [-0.4, -0.2) is 41.6 Å². The summed E-state index contributed by atoms with van der Waals surface area (Å²) in [5, 5.41) is 0. The van der Waals surface area contributed by atoms with Gasteiger partial charge in [-0.2, -0.15) is 0 Å². The summed E-state index contributed by atoms with van der Waals surface area (Å²) in [5.41, 5.74) is 1.10. The molecule has 0 N–H and O–H groups in total. The maximum Gasteiger partial charge on any atom is 0.0837 e. The lowest BCUT2D eigenvalue weighted by Gasteiger charge is -2.31. The van der Waals surface area contributed by atoms with Crippen LogP contribution in [0.2, 0.25) is 0 Å². The Bertz CT molecular complexity index is 294. The largest absolute Gasteiger partial charge is 0.374 e. The van der Waals surface area contributed by atoms with Crippen molar-refractivity contribution in [2.75, 3.05) is 25.6 Å². The number of rotatable bonds is 3. The van der Waals surface area contributed by atoms with E-state index in [1.165, 1.54) is 0 Å². The van der Waals surface area contributed by atoms with Crippen molar-refractivity contribution in [3.63, 3.8) is 0 Å². The minimum Gasteiger partial charge on any atom is -0.374 e. The van der Waals surface area contributed by atoms with Gasteiger partial charge in [0, 0.05) is 31.7 Å². The first-order valence-electron chi connectivity index (χ1n) is 5.18. The molecule has 2 rings (SSSR count). The lowest BCUT2D eigenvalue weighted by atomic mass is 10.2. The third-order valence-corrected chi connectivity index (χ3v) is 2.85. The van der Waals surface area contributed by atoms with E-state index in [-0.39, 0.29) is 6.10 Å². The van der Waals surface area contributed by atoms with Gasteiger partial charge in [0.25, 0.3) is 0 Å². The Balaban J connectivity index is 1.89. The number of aromatic nitrogens is 1. The van der Waals surface area contributed by atoms with Gasteiger partial charge in [-0.15, -0.1) is 11.6 Å². The van der Waals surface area contributed by atoms with Crippen LogP contribution in [0.15, 0.2) is 24.4 Å². The number of ether oxygens (including phenoxy) is 1. The van der Waals surface area contributed by atoms with E-state index in [0.717, 1.165) is 31.9 Å². The summed E-state index contributed by atoms with van der Waals surface area (Å²) in [7, 11) is 0. The van der Waals surface area contributed by atoms with Gasteiger partial charge in [0.05, 0.1) is 18.4 Å². The zero-order valence-electron chi connectivity index (χ0n) is 8.60. The van der Waals surface area contributed by atoms with Crippen LogP contribution < -0.4 is 0 Å². The zero-order chi connectivity index (χ0) is 10.5. The van der Waals surface area contributed by atoms with Gasteiger partial charge in [0.1, 0.15) is 0 Å². The summed E-state index contributed by atoms with van der Waals surface area (Å²) < 4.78 is 5.50. The Morgan fingerprint density at radius 3 is 3.20 bits per heavy atom. The third kappa shape index (κ3) is 3.16. The fourth-order valence-electron chi connectivity index (χ4n) is 1.74. The van der Waals surface area contributed by atoms with Crippen molar-refractivity contribution in [1.82, 2.24) is 9.88 Å². The van der Waals surface area contributed by atoms with Crippen LogP contribution in [-0.2, 0) is 11.3 Å². The highest BCUT2D eigenvalue weighted by Crippen LogP contribution is 2.09. The summed E-state index contributed by atoms with van der Waals surface area (Å²) in [5.74, 6) is 0.568. The van der Waals surface area contributed by atoms with Crippen molar-refractivity contribution in [2.24, 2.45) is 0 Å². The van der Waals surface area contributed by atoms with Crippen LogP contribution in [0.4, 0.5) is 0 Å². The van der Waals surface area contributed by atoms with E-state index in [1.54, 1.807) is 0 Å². The van der Waals surface area contributed by atoms with Crippen molar-refractivity contribution in [2.45, 2.75) is 12.6 Å². The monoisotopic (exact) mass is 226 g/mol. The average molecular weight is 227 g/mol. The molecule has 1 aliphatic rings. The first-order chi connectivity index (χ1) is 7.38.